The van der Waals surface area contributed by atoms with Crippen molar-refractivity contribution < 1.29 is 19.8 Å². The van der Waals surface area contributed by atoms with Crippen molar-refractivity contribution in [2.75, 3.05) is 13.7 Å². The molecule has 0 bridgehead atoms. The van der Waals surface area contributed by atoms with Gasteiger partial charge in [-0.15, -0.1) is 0 Å². The number of aliphatic hydroxyl groups excluding tert-OH is 2. The third-order valence-corrected chi connectivity index (χ3v) is 4.35. The molecular formula is C18H24N4O4. The van der Waals surface area contributed by atoms with Crippen LogP contribution in [0, 0.1) is 13.8 Å². The first-order valence-electron chi connectivity index (χ1n) is 8.41. The third-order valence-electron chi connectivity index (χ3n) is 4.35. The average Bonchev–Trinajstić information content (AvgIpc) is 2.60. The lowest BCUT2D eigenvalue weighted by Gasteiger charge is -2.17. The molecule has 0 spiro atoms. The van der Waals surface area contributed by atoms with Crippen molar-refractivity contribution >= 4 is 23.4 Å². The molecule has 0 saturated heterocycles. The van der Waals surface area contributed by atoms with Crippen molar-refractivity contribution in [1.82, 2.24) is 14.9 Å². The fourth-order valence-corrected chi connectivity index (χ4v) is 2.80. The first-order chi connectivity index (χ1) is 12.4. The minimum Gasteiger partial charge on any atom is -0.396 e. The number of hydrogen-bond donors (Lipinski definition) is 3. The summed E-state index contributed by atoms with van der Waals surface area (Å²) >= 11 is 0. The molecule has 1 unspecified atom stereocenters. The second-order valence-electron chi connectivity index (χ2n) is 6.13. The molecule has 0 radical (unpaired) electrons. The minimum absolute atomic E-state index is 0.0481. The molecule has 1 aromatic carbocycles. The first-order valence-corrected chi connectivity index (χ1v) is 8.41. The highest BCUT2D eigenvalue weighted by Gasteiger charge is 2.17. The zero-order valence-corrected chi connectivity index (χ0v) is 15.2. The van der Waals surface area contributed by atoms with Crippen molar-refractivity contribution in [2.45, 2.75) is 39.3 Å². The summed E-state index contributed by atoms with van der Waals surface area (Å²) in [4.78, 5) is 31.5. The van der Waals surface area contributed by atoms with Crippen LogP contribution in [0.3, 0.4) is 0 Å². The zero-order chi connectivity index (χ0) is 19.3. The van der Waals surface area contributed by atoms with Gasteiger partial charge in [0.15, 0.2) is 11.2 Å². The van der Waals surface area contributed by atoms with Crippen LogP contribution < -0.4 is 10.8 Å². The predicted molar refractivity (Wildman–Crippen MR) is 96.6 cm³/mol. The van der Waals surface area contributed by atoms with E-state index in [0.717, 1.165) is 16.6 Å². The normalized spacial score (nSPS) is 13.0. The predicted octanol–water partition coefficient (Wildman–Crippen LogP) is 0.203. The van der Waals surface area contributed by atoms with E-state index in [0.29, 0.717) is 30.4 Å². The molecule has 0 aliphatic rings. The van der Waals surface area contributed by atoms with E-state index < -0.39 is 12.0 Å². The van der Waals surface area contributed by atoms with Crippen LogP contribution in [0.2, 0.25) is 0 Å². The number of nitrogens with zero attached hydrogens (tertiary/aromatic N) is 3. The molecule has 140 valence electrons. The van der Waals surface area contributed by atoms with E-state index in [2.05, 4.69) is 15.3 Å². The van der Waals surface area contributed by atoms with Gasteiger partial charge in [-0.2, -0.15) is 0 Å². The molecule has 0 aliphatic carbocycles. The van der Waals surface area contributed by atoms with Gasteiger partial charge in [-0.3, -0.25) is 19.9 Å². The molecule has 2 amide bonds. The number of imide groups is 1. The minimum atomic E-state index is -0.667. The Kier molecular flexibility index (Phi) is 6.59. The monoisotopic (exact) mass is 360 g/mol. The summed E-state index contributed by atoms with van der Waals surface area (Å²) in [5, 5.41) is 21.0. The van der Waals surface area contributed by atoms with Crippen LogP contribution in [0.25, 0.3) is 11.0 Å². The lowest BCUT2D eigenvalue weighted by Crippen LogP contribution is -2.35. The van der Waals surface area contributed by atoms with E-state index in [1.54, 1.807) is 7.05 Å². The summed E-state index contributed by atoms with van der Waals surface area (Å²) in [6.07, 6.45) is 0.302. The molecule has 1 aromatic heterocycles. The topological polar surface area (TPSA) is 117 Å². The van der Waals surface area contributed by atoms with Gasteiger partial charge in [0.05, 0.1) is 17.1 Å². The molecule has 8 nitrogen and oxygen atoms in total. The van der Waals surface area contributed by atoms with Gasteiger partial charge in [-0.05, 0) is 49.9 Å². The molecule has 1 atom stereocenters. The van der Waals surface area contributed by atoms with Gasteiger partial charge in [0.25, 0.3) is 5.91 Å². The highest BCUT2D eigenvalue weighted by molar-refractivity contribution is 5.99. The third kappa shape index (κ3) is 4.14. The summed E-state index contributed by atoms with van der Waals surface area (Å²) in [6.45, 7) is 4.22. The van der Waals surface area contributed by atoms with Crippen molar-refractivity contribution in [1.29, 1.82) is 0 Å². The molecule has 2 aromatic rings. The largest absolute Gasteiger partial charge is 0.396 e. The maximum absolute atomic E-state index is 12.3. The maximum atomic E-state index is 12.3. The van der Waals surface area contributed by atoms with Crippen molar-refractivity contribution in [3.05, 3.63) is 34.4 Å². The van der Waals surface area contributed by atoms with E-state index in [1.807, 2.05) is 30.5 Å². The number of hydrogen-bond acceptors (Lipinski definition) is 6. The highest BCUT2D eigenvalue weighted by atomic mass is 16.3. The molecule has 0 aliphatic heterocycles. The number of carbonyl (C=O) groups is 2. The van der Waals surface area contributed by atoms with Gasteiger partial charge in [0.2, 0.25) is 6.41 Å². The quantitative estimate of drug-likeness (QED) is 0.610. The first kappa shape index (κ1) is 19.7. The van der Waals surface area contributed by atoms with E-state index in [1.165, 1.54) is 0 Å². The van der Waals surface area contributed by atoms with Gasteiger partial charge in [-0.25, -0.2) is 4.98 Å². The Morgan fingerprint density at radius 2 is 2.04 bits per heavy atom. The van der Waals surface area contributed by atoms with Crippen LogP contribution in [0.4, 0.5) is 0 Å². The van der Waals surface area contributed by atoms with E-state index in [4.69, 9.17) is 5.11 Å². The van der Waals surface area contributed by atoms with E-state index >= 15 is 0 Å². The van der Waals surface area contributed by atoms with Gasteiger partial charge in [-0.1, -0.05) is 0 Å². The number of aliphatic hydroxyl groups is 2. The SMILES string of the molecule is CN=c1c(C(=O)NC=O)nc2cc(C)c(C)cc2n1CCC(O)CCO. The molecule has 0 saturated carbocycles. The van der Waals surface area contributed by atoms with Gasteiger partial charge in [0.1, 0.15) is 0 Å². The van der Waals surface area contributed by atoms with Crippen LogP contribution in [0.15, 0.2) is 17.1 Å². The summed E-state index contributed by atoms with van der Waals surface area (Å²) in [6, 6.07) is 3.84. The van der Waals surface area contributed by atoms with Crippen molar-refractivity contribution in [3.63, 3.8) is 0 Å². The van der Waals surface area contributed by atoms with Crippen LogP contribution in [0.5, 0.6) is 0 Å². The van der Waals surface area contributed by atoms with Crippen LogP contribution >= 0.6 is 0 Å². The number of amides is 2. The molecule has 3 N–H and O–H groups in total. The number of rotatable bonds is 7. The van der Waals surface area contributed by atoms with Gasteiger partial charge < -0.3 is 14.8 Å². The van der Waals surface area contributed by atoms with Crippen molar-refractivity contribution in [3.8, 4) is 0 Å². The fraction of sp³-hybridized carbons (Fsp3) is 0.444. The fourth-order valence-electron chi connectivity index (χ4n) is 2.80. The Morgan fingerprint density at radius 1 is 1.35 bits per heavy atom. The number of aromatic nitrogens is 2. The Labute approximate surface area is 151 Å². The number of benzene rings is 1. The van der Waals surface area contributed by atoms with Gasteiger partial charge in [0, 0.05) is 20.2 Å². The lowest BCUT2D eigenvalue weighted by atomic mass is 10.1. The Balaban J connectivity index is 2.68. The van der Waals surface area contributed by atoms with Gasteiger partial charge >= 0.3 is 0 Å². The van der Waals surface area contributed by atoms with Crippen LogP contribution in [-0.2, 0) is 11.3 Å². The molecule has 8 heteroatoms. The molecule has 0 fully saturated rings. The number of nitrogens with one attached hydrogen (secondary N) is 1. The zero-order valence-electron chi connectivity index (χ0n) is 15.2. The van der Waals surface area contributed by atoms with Crippen LogP contribution in [0.1, 0.15) is 34.5 Å². The Bertz CT molecular complexity index is 889. The summed E-state index contributed by atoms with van der Waals surface area (Å²) in [5.74, 6) is -0.634. The average molecular weight is 360 g/mol. The smallest absolute Gasteiger partial charge is 0.280 e. The Hall–Kier alpha value is -2.58. The second-order valence-corrected chi connectivity index (χ2v) is 6.13. The van der Waals surface area contributed by atoms with E-state index in [9.17, 15) is 14.7 Å². The number of carbonyl (C=O) groups excluding carboxylic acids is 2. The standard InChI is InChI=1S/C18H24N4O4/c1-11-8-14-15(9-12(11)2)22(6-4-13(25)5-7-23)17(19-3)16(21-14)18(26)20-10-24/h8-10,13,23,25H,4-7H2,1-3H3,(H,20,24,26). The summed E-state index contributed by atoms with van der Waals surface area (Å²) in [7, 11) is 1.54. The molecule has 1 heterocycles. The highest BCUT2D eigenvalue weighted by Crippen LogP contribution is 2.18. The number of aryl methyl sites for hydroxylation is 3. The van der Waals surface area contributed by atoms with Crippen molar-refractivity contribution in [2.24, 2.45) is 4.99 Å². The number of fused-ring (bicyclic) bond motifs is 1. The van der Waals surface area contributed by atoms with E-state index in [-0.39, 0.29) is 18.7 Å². The molecule has 26 heavy (non-hydrogen) atoms. The Morgan fingerprint density at radius 3 is 2.65 bits per heavy atom. The molecular weight excluding hydrogens is 336 g/mol. The maximum Gasteiger partial charge on any atom is 0.280 e. The molecule has 2 rings (SSSR count). The lowest BCUT2D eigenvalue weighted by molar-refractivity contribution is -0.108. The summed E-state index contributed by atoms with van der Waals surface area (Å²) in [5.41, 5.74) is 3.86. The van der Waals surface area contributed by atoms with Crippen LogP contribution in [-0.4, -0.2) is 51.8 Å². The summed E-state index contributed by atoms with van der Waals surface area (Å²) < 4.78 is 1.81. The second kappa shape index (κ2) is 8.68.